The summed E-state index contributed by atoms with van der Waals surface area (Å²) in [7, 11) is 0. The molecule has 0 spiro atoms. The largest absolute Gasteiger partial charge is 0.381 e. The van der Waals surface area contributed by atoms with Gasteiger partial charge in [0.1, 0.15) is 5.82 Å². The Morgan fingerprint density at radius 1 is 0.889 bits per heavy atom. The summed E-state index contributed by atoms with van der Waals surface area (Å²) in [6.07, 6.45) is 1.42. The molecule has 1 amide bonds. The van der Waals surface area contributed by atoms with Crippen molar-refractivity contribution in [1.29, 1.82) is 0 Å². The zero-order valence-electron chi connectivity index (χ0n) is 15.4. The van der Waals surface area contributed by atoms with Gasteiger partial charge in [-0.2, -0.15) is 0 Å². The molecule has 0 aliphatic carbocycles. The zero-order valence-corrected chi connectivity index (χ0v) is 15.4. The Kier molecular flexibility index (Phi) is 5.12. The summed E-state index contributed by atoms with van der Waals surface area (Å²) in [6, 6.07) is 16.9. The van der Waals surface area contributed by atoms with Gasteiger partial charge in [0.05, 0.1) is 11.1 Å². The second-order valence-electron chi connectivity index (χ2n) is 7.29. The predicted octanol–water partition coefficient (Wildman–Crippen LogP) is 3.22. The average molecular weight is 368 g/mol. The van der Waals surface area contributed by atoms with Crippen LogP contribution in [0.25, 0.3) is 0 Å². The van der Waals surface area contributed by atoms with Crippen molar-refractivity contribution < 1.29 is 13.9 Å². The minimum absolute atomic E-state index is 0.185. The van der Waals surface area contributed by atoms with E-state index in [1.807, 2.05) is 34.1 Å². The summed E-state index contributed by atoms with van der Waals surface area (Å²) >= 11 is 0. The van der Waals surface area contributed by atoms with Crippen molar-refractivity contribution in [2.45, 2.75) is 18.3 Å². The molecule has 2 fully saturated rings. The first-order valence-corrected chi connectivity index (χ1v) is 9.63. The van der Waals surface area contributed by atoms with Gasteiger partial charge in [0.15, 0.2) is 0 Å². The van der Waals surface area contributed by atoms with Crippen LogP contribution in [0.3, 0.4) is 0 Å². The number of nitrogens with zero attached hydrogens (tertiary/aromatic N) is 2. The van der Waals surface area contributed by atoms with Gasteiger partial charge >= 0.3 is 0 Å². The van der Waals surface area contributed by atoms with E-state index in [-0.39, 0.29) is 11.7 Å². The molecule has 2 aromatic carbocycles. The molecule has 0 saturated carbocycles. The molecule has 2 aliphatic heterocycles. The van der Waals surface area contributed by atoms with Crippen LogP contribution in [0.1, 0.15) is 18.4 Å². The van der Waals surface area contributed by atoms with Gasteiger partial charge in [-0.25, -0.2) is 4.39 Å². The molecule has 0 atom stereocenters. The summed E-state index contributed by atoms with van der Waals surface area (Å²) in [4.78, 5) is 17.5. The van der Waals surface area contributed by atoms with E-state index in [1.165, 1.54) is 6.07 Å². The summed E-state index contributed by atoms with van der Waals surface area (Å²) in [6.45, 7) is 3.74. The van der Waals surface area contributed by atoms with Crippen LogP contribution in [0.5, 0.6) is 0 Å². The first kappa shape index (κ1) is 18.0. The van der Waals surface area contributed by atoms with Gasteiger partial charge in [-0.1, -0.05) is 42.5 Å². The second-order valence-corrected chi connectivity index (χ2v) is 7.29. The Bertz CT molecular complexity index is 782. The van der Waals surface area contributed by atoms with Crippen molar-refractivity contribution in [3.8, 4) is 0 Å². The number of hydrogen-bond donors (Lipinski definition) is 0. The van der Waals surface area contributed by atoms with Gasteiger partial charge < -0.3 is 14.5 Å². The number of rotatable bonds is 3. The molecule has 2 saturated heterocycles. The molecule has 2 aromatic rings. The summed E-state index contributed by atoms with van der Waals surface area (Å²) in [5, 5.41) is 0. The molecule has 4 rings (SSSR count). The number of amides is 1. The van der Waals surface area contributed by atoms with Crippen LogP contribution in [0.15, 0.2) is 54.6 Å². The van der Waals surface area contributed by atoms with Gasteiger partial charge in [-0.3, -0.25) is 4.79 Å². The van der Waals surface area contributed by atoms with Gasteiger partial charge in [0.25, 0.3) is 0 Å². The van der Waals surface area contributed by atoms with Gasteiger partial charge in [-0.05, 0) is 30.5 Å². The zero-order chi connectivity index (χ0) is 18.7. The van der Waals surface area contributed by atoms with Crippen molar-refractivity contribution in [2.24, 2.45) is 0 Å². The lowest BCUT2D eigenvalue weighted by Crippen LogP contribution is -2.56. The van der Waals surface area contributed by atoms with E-state index in [1.54, 1.807) is 12.1 Å². The van der Waals surface area contributed by atoms with E-state index in [0.717, 1.165) is 5.56 Å². The van der Waals surface area contributed by atoms with Crippen LogP contribution in [-0.4, -0.2) is 50.2 Å². The van der Waals surface area contributed by atoms with E-state index in [9.17, 15) is 9.18 Å². The van der Waals surface area contributed by atoms with E-state index in [0.29, 0.717) is 57.9 Å². The monoisotopic (exact) mass is 368 g/mol. The van der Waals surface area contributed by atoms with Crippen molar-refractivity contribution >= 4 is 11.6 Å². The number of benzene rings is 2. The molecule has 0 bridgehead atoms. The van der Waals surface area contributed by atoms with E-state index in [2.05, 4.69) is 12.1 Å². The molecular formula is C22H25FN2O2. The van der Waals surface area contributed by atoms with Crippen molar-refractivity contribution in [1.82, 2.24) is 4.90 Å². The maximum absolute atomic E-state index is 14.1. The molecule has 0 N–H and O–H groups in total. The number of hydrogen-bond acceptors (Lipinski definition) is 3. The van der Waals surface area contributed by atoms with Crippen LogP contribution in [-0.2, 0) is 14.9 Å². The summed E-state index contributed by atoms with van der Waals surface area (Å²) in [5.41, 5.74) is 1.20. The highest BCUT2D eigenvalue weighted by atomic mass is 19.1. The number of para-hydroxylation sites is 1. The number of carbonyl (C=O) groups excluding carboxylic acids is 1. The predicted molar refractivity (Wildman–Crippen MR) is 103 cm³/mol. The quantitative estimate of drug-likeness (QED) is 0.834. The van der Waals surface area contributed by atoms with Crippen LogP contribution in [0, 0.1) is 5.82 Å². The lowest BCUT2D eigenvalue weighted by molar-refractivity contribution is -0.141. The first-order valence-electron chi connectivity index (χ1n) is 9.63. The fraction of sp³-hybridized carbons (Fsp3) is 0.409. The fourth-order valence-electron chi connectivity index (χ4n) is 4.26. The smallest absolute Gasteiger partial charge is 0.233 e. The van der Waals surface area contributed by atoms with E-state index >= 15 is 0 Å². The number of carbonyl (C=O) groups is 1. The lowest BCUT2D eigenvalue weighted by atomic mass is 9.73. The highest BCUT2D eigenvalue weighted by Crippen LogP contribution is 2.37. The Morgan fingerprint density at radius 2 is 1.52 bits per heavy atom. The van der Waals surface area contributed by atoms with Crippen molar-refractivity contribution in [2.75, 3.05) is 44.3 Å². The van der Waals surface area contributed by atoms with Crippen molar-refractivity contribution in [3.63, 3.8) is 0 Å². The Hall–Kier alpha value is -2.40. The average Bonchev–Trinajstić information content (AvgIpc) is 2.75. The fourth-order valence-corrected chi connectivity index (χ4v) is 4.26. The van der Waals surface area contributed by atoms with Crippen molar-refractivity contribution in [3.05, 3.63) is 66.0 Å². The third kappa shape index (κ3) is 3.44. The van der Waals surface area contributed by atoms with E-state index in [4.69, 9.17) is 4.74 Å². The highest BCUT2D eigenvalue weighted by Gasteiger charge is 2.44. The van der Waals surface area contributed by atoms with Crippen LogP contribution < -0.4 is 4.90 Å². The van der Waals surface area contributed by atoms with Crippen LogP contribution >= 0.6 is 0 Å². The SMILES string of the molecule is O=C(N1CCN(c2ccccc2F)CC1)C1(c2ccccc2)CCOCC1. The highest BCUT2D eigenvalue weighted by molar-refractivity contribution is 5.88. The third-order valence-electron chi connectivity index (χ3n) is 5.84. The molecule has 27 heavy (non-hydrogen) atoms. The number of piperazine rings is 1. The number of ether oxygens (including phenoxy) is 1. The Labute approximate surface area is 159 Å². The Balaban J connectivity index is 1.51. The minimum Gasteiger partial charge on any atom is -0.381 e. The Morgan fingerprint density at radius 3 is 2.19 bits per heavy atom. The maximum atomic E-state index is 14.1. The topological polar surface area (TPSA) is 32.8 Å². The molecule has 0 aromatic heterocycles. The molecule has 2 aliphatic rings. The number of anilines is 1. The number of halogens is 1. The van der Waals surface area contributed by atoms with Gasteiger partial charge in [-0.15, -0.1) is 0 Å². The maximum Gasteiger partial charge on any atom is 0.233 e. The van der Waals surface area contributed by atoms with Gasteiger partial charge in [0.2, 0.25) is 5.91 Å². The summed E-state index contributed by atoms with van der Waals surface area (Å²) in [5.74, 6) is -0.0207. The van der Waals surface area contributed by atoms with Crippen LogP contribution in [0.4, 0.5) is 10.1 Å². The lowest BCUT2D eigenvalue weighted by Gasteiger charge is -2.43. The standard InChI is InChI=1S/C22H25FN2O2/c23-19-8-4-5-9-20(19)24-12-14-25(15-13-24)21(26)22(10-16-27-17-11-22)18-6-2-1-3-7-18/h1-9H,10-17H2. The van der Waals surface area contributed by atoms with Crippen LogP contribution in [0.2, 0.25) is 0 Å². The molecular weight excluding hydrogens is 343 g/mol. The molecule has 142 valence electrons. The third-order valence-corrected chi connectivity index (χ3v) is 5.84. The van der Waals surface area contributed by atoms with Gasteiger partial charge in [0, 0.05) is 39.4 Å². The molecule has 4 nitrogen and oxygen atoms in total. The summed E-state index contributed by atoms with van der Waals surface area (Å²) < 4.78 is 19.6. The molecule has 5 heteroatoms. The van der Waals surface area contributed by atoms with E-state index < -0.39 is 5.41 Å². The first-order chi connectivity index (χ1) is 13.2. The minimum atomic E-state index is -0.500. The molecule has 0 radical (unpaired) electrons. The normalized spacial score (nSPS) is 19.7. The molecule has 2 heterocycles. The molecule has 0 unspecified atom stereocenters. The second kappa shape index (κ2) is 7.69.